The summed E-state index contributed by atoms with van der Waals surface area (Å²) < 4.78 is 0. The number of hydrogen-bond acceptors (Lipinski definition) is 6. The van der Waals surface area contributed by atoms with Crippen LogP contribution in [0, 0.1) is 0 Å². The van der Waals surface area contributed by atoms with Crippen molar-refractivity contribution in [1.82, 2.24) is 29.9 Å². The van der Waals surface area contributed by atoms with E-state index in [1.165, 1.54) is 81.7 Å². The van der Waals surface area contributed by atoms with Crippen molar-refractivity contribution in [3.8, 4) is 135 Å². The summed E-state index contributed by atoms with van der Waals surface area (Å²) in [6, 6.07) is 129. The molecule has 4 heterocycles. The van der Waals surface area contributed by atoms with Gasteiger partial charge in [-0.25, -0.2) is 19.9 Å². The molecule has 4 aromatic heterocycles. The molecule has 0 saturated heterocycles. The highest BCUT2D eigenvalue weighted by Crippen LogP contribution is 2.40. The van der Waals surface area contributed by atoms with Gasteiger partial charge in [0, 0.05) is 58.2 Å². The molecule has 15 aromatic carbocycles. The SMILES string of the molecule is c1cncc(-c2ccc(-c3cc(-c4ccc(-c5cccc6ccccc56)cc4)nc(-c4ccc(-c5ccc6ccccc6c5)cc4)n3)cc2)c1.c1cncc(-c2ccc(-c3cc(-c4cccc(-c5cc6ccccc6c6ccccc56)c4)nc(-c4ccc(-c5cccc6ccccc56)cc4)n3)cc2)c1. The van der Waals surface area contributed by atoms with Crippen molar-refractivity contribution in [1.29, 1.82) is 0 Å². The third-order valence-corrected chi connectivity index (χ3v) is 19.8. The fraction of sp³-hybridized carbons (Fsp3) is 0. The van der Waals surface area contributed by atoms with Crippen LogP contribution in [0.2, 0.25) is 0 Å². The van der Waals surface area contributed by atoms with Crippen molar-refractivity contribution >= 4 is 53.9 Å². The molecule has 0 atom stereocenters. The van der Waals surface area contributed by atoms with E-state index in [4.69, 9.17) is 19.9 Å². The van der Waals surface area contributed by atoms with Gasteiger partial charge in [-0.2, -0.15) is 0 Å². The summed E-state index contributed by atoms with van der Waals surface area (Å²) in [5.41, 5.74) is 23.4. The molecule has 104 heavy (non-hydrogen) atoms. The second-order valence-electron chi connectivity index (χ2n) is 26.2. The van der Waals surface area contributed by atoms with E-state index in [1.807, 2.05) is 24.5 Å². The first-order valence-corrected chi connectivity index (χ1v) is 35.1. The van der Waals surface area contributed by atoms with Crippen molar-refractivity contribution in [2.75, 3.05) is 0 Å². The summed E-state index contributed by atoms with van der Waals surface area (Å²) in [6.07, 6.45) is 7.38. The average Bonchev–Trinajstić information content (AvgIpc) is 0.704. The zero-order valence-corrected chi connectivity index (χ0v) is 56.6. The van der Waals surface area contributed by atoms with Gasteiger partial charge in [-0.15, -0.1) is 0 Å². The topological polar surface area (TPSA) is 77.3 Å². The van der Waals surface area contributed by atoms with Crippen molar-refractivity contribution in [2.45, 2.75) is 0 Å². The van der Waals surface area contributed by atoms with E-state index in [2.05, 4.69) is 362 Å². The molecule has 0 radical (unpaired) electrons. The minimum absolute atomic E-state index is 0.685. The van der Waals surface area contributed by atoms with E-state index in [9.17, 15) is 0 Å². The number of nitrogens with zero attached hydrogens (tertiary/aromatic N) is 6. The predicted octanol–water partition coefficient (Wildman–Crippen LogP) is 25.5. The second-order valence-corrected chi connectivity index (χ2v) is 26.2. The molecule has 19 aromatic rings. The maximum absolute atomic E-state index is 5.24. The molecule has 6 nitrogen and oxygen atoms in total. The Morgan fingerprint density at radius 2 is 0.510 bits per heavy atom. The lowest BCUT2D eigenvalue weighted by molar-refractivity contribution is 1.18. The highest BCUT2D eigenvalue weighted by atomic mass is 14.9. The zero-order valence-electron chi connectivity index (χ0n) is 56.6. The Bertz CT molecular complexity index is 6350. The number of fused-ring (bicyclic) bond motifs is 6. The zero-order chi connectivity index (χ0) is 69.1. The summed E-state index contributed by atoms with van der Waals surface area (Å²) in [5.74, 6) is 1.38. The van der Waals surface area contributed by atoms with Gasteiger partial charge in [0.25, 0.3) is 0 Å². The smallest absolute Gasteiger partial charge is 0.160 e. The molecule has 0 aliphatic rings. The first kappa shape index (κ1) is 62.3. The highest BCUT2D eigenvalue weighted by Gasteiger charge is 2.18. The third kappa shape index (κ3) is 12.6. The molecule has 0 amide bonds. The van der Waals surface area contributed by atoms with E-state index in [-0.39, 0.29) is 0 Å². The average molecular weight is 1330 g/mol. The molecule has 6 heteroatoms. The molecular formula is C98H64N6. The van der Waals surface area contributed by atoms with E-state index < -0.39 is 0 Å². The maximum Gasteiger partial charge on any atom is 0.160 e. The normalized spacial score (nSPS) is 11.3. The first-order chi connectivity index (χ1) is 51.5. The number of benzene rings is 15. The van der Waals surface area contributed by atoms with E-state index in [1.54, 1.807) is 12.4 Å². The summed E-state index contributed by atoms with van der Waals surface area (Å²) in [6.45, 7) is 0. The van der Waals surface area contributed by atoms with E-state index >= 15 is 0 Å². The van der Waals surface area contributed by atoms with Gasteiger partial charge in [0.15, 0.2) is 11.6 Å². The van der Waals surface area contributed by atoms with Crippen molar-refractivity contribution in [3.63, 3.8) is 0 Å². The minimum atomic E-state index is 0.685. The van der Waals surface area contributed by atoms with Crippen LogP contribution < -0.4 is 0 Å². The Kier molecular flexibility index (Phi) is 16.6. The molecule has 0 N–H and O–H groups in total. The van der Waals surface area contributed by atoms with E-state index in [0.717, 1.165) is 95.1 Å². The summed E-state index contributed by atoms with van der Waals surface area (Å²) in [4.78, 5) is 29.3. The third-order valence-electron chi connectivity index (χ3n) is 19.8. The van der Waals surface area contributed by atoms with Crippen LogP contribution >= 0.6 is 0 Å². The Morgan fingerprint density at radius 3 is 1.01 bits per heavy atom. The fourth-order valence-electron chi connectivity index (χ4n) is 14.4. The predicted molar refractivity (Wildman–Crippen MR) is 432 cm³/mol. The summed E-state index contributed by atoms with van der Waals surface area (Å²) >= 11 is 0. The molecule has 19 rings (SSSR count). The Balaban J connectivity index is 0.000000149. The largest absolute Gasteiger partial charge is 0.264 e. The lowest BCUT2D eigenvalue weighted by Crippen LogP contribution is -1.96. The monoisotopic (exact) mass is 1320 g/mol. The molecular weight excluding hydrogens is 1260 g/mol. The number of rotatable bonds is 12. The molecule has 0 unspecified atom stereocenters. The van der Waals surface area contributed by atoms with Gasteiger partial charge in [0.1, 0.15) is 0 Å². The molecule has 0 spiro atoms. The van der Waals surface area contributed by atoms with Crippen LogP contribution in [0.25, 0.3) is 188 Å². The van der Waals surface area contributed by atoms with Gasteiger partial charge in [0.05, 0.1) is 22.8 Å². The van der Waals surface area contributed by atoms with Gasteiger partial charge >= 0.3 is 0 Å². The van der Waals surface area contributed by atoms with Gasteiger partial charge in [-0.1, -0.05) is 322 Å². The van der Waals surface area contributed by atoms with Crippen LogP contribution in [0.1, 0.15) is 0 Å². The molecule has 0 bridgehead atoms. The van der Waals surface area contributed by atoms with Gasteiger partial charge in [0.2, 0.25) is 0 Å². The lowest BCUT2D eigenvalue weighted by atomic mass is 9.92. The van der Waals surface area contributed by atoms with Crippen LogP contribution in [0.15, 0.2) is 389 Å². The van der Waals surface area contributed by atoms with Gasteiger partial charge in [-0.3, -0.25) is 9.97 Å². The summed E-state index contributed by atoms with van der Waals surface area (Å²) in [5, 5.41) is 12.4. The number of pyridine rings is 2. The molecule has 0 aliphatic carbocycles. The molecule has 0 aliphatic heterocycles. The molecule has 486 valence electrons. The first-order valence-electron chi connectivity index (χ1n) is 35.1. The quantitative estimate of drug-likeness (QED) is 0.113. The van der Waals surface area contributed by atoms with Crippen LogP contribution in [-0.4, -0.2) is 29.9 Å². The second kappa shape index (κ2) is 27.6. The van der Waals surface area contributed by atoms with Gasteiger partial charge < -0.3 is 0 Å². The standard InChI is InChI=1S/C51H33N3.C47H31N3/c1-3-16-43-35(10-1)12-8-20-44(43)36-23-27-38(28-24-36)51-53-49(37-25-21-34(22-26-37)42-15-9-29-52-33-42)32-50(54-51)41-14-7-13-39(30-41)48-31-40-11-2-4-17-45(40)46-18-5-6-19-47(46)48;1-2-9-40-29-41(27-18-32(40)7-1)33-16-25-39(26-17-33)47-49-45(37-21-14-34(15-22-37)42-11-6-28-48-31-42)30-46(50-47)38-23-19-36(20-24-38)44-13-5-10-35-8-3-4-12-43(35)44/h1-33H;1-31H. The Hall–Kier alpha value is -13.9. The van der Waals surface area contributed by atoms with Crippen LogP contribution in [-0.2, 0) is 0 Å². The Morgan fingerprint density at radius 1 is 0.154 bits per heavy atom. The van der Waals surface area contributed by atoms with Crippen molar-refractivity contribution < 1.29 is 0 Å². The summed E-state index contributed by atoms with van der Waals surface area (Å²) in [7, 11) is 0. The highest BCUT2D eigenvalue weighted by molar-refractivity contribution is 6.14. The van der Waals surface area contributed by atoms with Crippen molar-refractivity contribution in [3.05, 3.63) is 389 Å². The van der Waals surface area contributed by atoms with Crippen LogP contribution in [0.3, 0.4) is 0 Å². The van der Waals surface area contributed by atoms with Crippen LogP contribution in [0.4, 0.5) is 0 Å². The number of aromatic nitrogens is 6. The van der Waals surface area contributed by atoms with Crippen LogP contribution in [0.5, 0.6) is 0 Å². The Labute approximate surface area is 603 Å². The lowest BCUT2D eigenvalue weighted by Gasteiger charge is -2.13. The van der Waals surface area contributed by atoms with E-state index in [0.29, 0.717) is 11.6 Å². The number of hydrogen-bond donors (Lipinski definition) is 0. The van der Waals surface area contributed by atoms with Gasteiger partial charge in [-0.05, 0) is 163 Å². The molecule has 0 fully saturated rings. The molecule has 0 saturated carbocycles. The van der Waals surface area contributed by atoms with Crippen molar-refractivity contribution in [2.24, 2.45) is 0 Å². The minimum Gasteiger partial charge on any atom is -0.264 e. The maximum atomic E-state index is 5.24. The fourth-order valence-corrected chi connectivity index (χ4v) is 14.4.